The second-order valence-corrected chi connectivity index (χ2v) is 4.96. The maximum absolute atomic E-state index is 11.0. The summed E-state index contributed by atoms with van der Waals surface area (Å²) in [5.41, 5.74) is 5.20. The average Bonchev–Trinajstić information content (AvgIpc) is 2.61. The van der Waals surface area contributed by atoms with Gasteiger partial charge in [0.1, 0.15) is 5.82 Å². The highest BCUT2D eigenvalue weighted by Gasteiger charge is 2.22. The average molecular weight is 269 g/mol. The minimum Gasteiger partial charge on any atom is -0.370 e. The van der Waals surface area contributed by atoms with Crippen molar-refractivity contribution in [2.45, 2.75) is 25.8 Å². The van der Waals surface area contributed by atoms with Crippen LogP contribution in [0.5, 0.6) is 0 Å². The number of fused-ring (bicyclic) bond motifs is 1. The largest absolute Gasteiger partial charge is 0.370 e. The van der Waals surface area contributed by atoms with Gasteiger partial charge in [-0.1, -0.05) is 0 Å². The Labute approximate surface area is 108 Å². The Bertz CT molecular complexity index is 593. The van der Waals surface area contributed by atoms with Crippen molar-refractivity contribution in [2.24, 2.45) is 5.73 Å². The van der Waals surface area contributed by atoms with Gasteiger partial charge in [-0.2, -0.15) is 15.1 Å². The number of aromatic nitrogens is 4. The maximum atomic E-state index is 11.0. The Morgan fingerprint density at radius 2 is 2.28 bits per heavy atom. The Kier molecular flexibility index (Phi) is 3.08. The Balaban J connectivity index is 2.36. The van der Waals surface area contributed by atoms with Crippen molar-refractivity contribution < 1.29 is 4.79 Å². The molecule has 0 fully saturated rings. The van der Waals surface area contributed by atoms with Crippen LogP contribution in [0, 0.1) is 0 Å². The summed E-state index contributed by atoms with van der Waals surface area (Å²) in [6.45, 7) is 3.69. The molecule has 0 aliphatic heterocycles. The highest BCUT2D eigenvalue weighted by molar-refractivity contribution is 6.28. The fourth-order valence-corrected chi connectivity index (χ4v) is 1.87. The van der Waals surface area contributed by atoms with Crippen LogP contribution in [0.2, 0.25) is 5.28 Å². The number of carbonyl (C=O) groups is 1. The lowest BCUT2D eigenvalue weighted by molar-refractivity contribution is -0.118. The monoisotopic (exact) mass is 268 g/mol. The van der Waals surface area contributed by atoms with Crippen LogP contribution in [0.25, 0.3) is 11.0 Å². The van der Waals surface area contributed by atoms with Crippen molar-refractivity contribution in [1.82, 2.24) is 20.2 Å². The predicted molar refractivity (Wildman–Crippen MR) is 68.2 cm³/mol. The van der Waals surface area contributed by atoms with Gasteiger partial charge in [0.2, 0.25) is 11.2 Å². The molecule has 0 aliphatic rings. The van der Waals surface area contributed by atoms with Crippen LogP contribution in [0.15, 0.2) is 6.20 Å². The lowest BCUT2D eigenvalue weighted by Gasteiger charge is -2.25. The highest BCUT2D eigenvalue weighted by Crippen LogP contribution is 2.24. The SMILES string of the molecule is CC(C)(CC(N)=O)Nc1nc(Cl)nc2[nH]ncc12. The summed E-state index contributed by atoms with van der Waals surface area (Å²) < 4.78 is 0. The van der Waals surface area contributed by atoms with Crippen LogP contribution >= 0.6 is 11.6 Å². The van der Waals surface area contributed by atoms with Gasteiger partial charge in [0.25, 0.3) is 0 Å². The highest BCUT2D eigenvalue weighted by atomic mass is 35.5. The number of hydrogen-bond donors (Lipinski definition) is 3. The third-order valence-electron chi connectivity index (χ3n) is 2.36. The number of rotatable bonds is 4. The first-order chi connectivity index (χ1) is 8.37. The molecule has 8 heteroatoms. The third kappa shape index (κ3) is 2.67. The minimum absolute atomic E-state index is 0.101. The molecule has 2 heterocycles. The fourth-order valence-electron chi connectivity index (χ4n) is 1.70. The van der Waals surface area contributed by atoms with Gasteiger partial charge in [0.15, 0.2) is 5.65 Å². The number of nitrogens with two attached hydrogens (primary N) is 1. The number of anilines is 1. The molecule has 0 unspecified atom stereocenters. The zero-order valence-corrected chi connectivity index (χ0v) is 10.7. The molecule has 7 nitrogen and oxygen atoms in total. The summed E-state index contributed by atoms with van der Waals surface area (Å²) in [6, 6.07) is 0. The number of amides is 1. The number of halogens is 1. The van der Waals surface area contributed by atoms with E-state index in [1.807, 2.05) is 13.8 Å². The van der Waals surface area contributed by atoms with E-state index in [4.69, 9.17) is 17.3 Å². The van der Waals surface area contributed by atoms with Gasteiger partial charge in [-0.15, -0.1) is 0 Å². The topological polar surface area (TPSA) is 110 Å². The summed E-state index contributed by atoms with van der Waals surface area (Å²) in [6.07, 6.45) is 1.77. The molecule has 4 N–H and O–H groups in total. The number of nitrogens with one attached hydrogen (secondary N) is 2. The lowest BCUT2D eigenvalue weighted by atomic mass is 10.0. The smallest absolute Gasteiger partial charge is 0.226 e. The quantitative estimate of drug-likeness (QED) is 0.719. The maximum Gasteiger partial charge on any atom is 0.226 e. The summed E-state index contributed by atoms with van der Waals surface area (Å²) in [7, 11) is 0. The van der Waals surface area contributed by atoms with Crippen molar-refractivity contribution in [3.05, 3.63) is 11.5 Å². The first-order valence-electron chi connectivity index (χ1n) is 5.30. The number of aromatic amines is 1. The van der Waals surface area contributed by atoms with Crippen molar-refractivity contribution in [1.29, 1.82) is 0 Å². The van der Waals surface area contributed by atoms with E-state index >= 15 is 0 Å². The van der Waals surface area contributed by atoms with Crippen LogP contribution in [-0.2, 0) is 4.79 Å². The summed E-state index contributed by atoms with van der Waals surface area (Å²) in [5, 5.41) is 10.5. The Hall–Kier alpha value is -1.89. The third-order valence-corrected chi connectivity index (χ3v) is 2.52. The van der Waals surface area contributed by atoms with Crippen molar-refractivity contribution >= 4 is 34.4 Å². The number of primary amides is 1. The molecule has 0 aromatic carbocycles. The lowest BCUT2D eigenvalue weighted by Crippen LogP contribution is -2.36. The van der Waals surface area contributed by atoms with Crippen LogP contribution in [0.1, 0.15) is 20.3 Å². The second kappa shape index (κ2) is 4.41. The van der Waals surface area contributed by atoms with Crippen molar-refractivity contribution in [3.8, 4) is 0 Å². The van der Waals surface area contributed by atoms with Gasteiger partial charge in [-0.25, -0.2) is 0 Å². The van der Waals surface area contributed by atoms with Crippen LogP contribution in [0.3, 0.4) is 0 Å². The zero-order valence-electron chi connectivity index (χ0n) is 9.99. The predicted octanol–water partition coefficient (Wildman–Crippen LogP) is 1.07. The Morgan fingerprint density at radius 1 is 1.56 bits per heavy atom. The second-order valence-electron chi connectivity index (χ2n) is 4.63. The van der Waals surface area contributed by atoms with E-state index < -0.39 is 11.4 Å². The Morgan fingerprint density at radius 3 is 2.94 bits per heavy atom. The molecule has 2 aromatic rings. The number of H-pyrrole nitrogens is 1. The molecule has 0 radical (unpaired) electrons. The van der Waals surface area contributed by atoms with E-state index in [0.717, 1.165) is 0 Å². The molecule has 2 aromatic heterocycles. The van der Waals surface area contributed by atoms with Gasteiger partial charge in [0, 0.05) is 12.0 Å². The molecule has 0 saturated carbocycles. The molecule has 0 spiro atoms. The van der Waals surface area contributed by atoms with Crippen LogP contribution in [-0.4, -0.2) is 31.6 Å². The van der Waals surface area contributed by atoms with Gasteiger partial charge >= 0.3 is 0 Å². The first kappa shape index (κ1) is 12.6. The molecule has 96 valence electrons. The van der Waals surface area contributed by atoms with Gasteiger partial charge in [-0.3, -0.25) is 9.89 Å². The molecule has 1 amide bonds. The van der Waals surface area contributed by atoms with E-state index in [1.165, 1.54) is 0 Å². The van der Waals surface area contributed by atoms with E-state index in [9.17, 15) is 4.79 Å². The van der Waals surface area contributed by atoms with Gasteiger partial charge in [0.05, 0.1) is 11.6 Å². The molecule has 0 atom stereocenters. The van der Waals surface area contributed by atoms with E-state index in [0.29, 0.717) is 16.9 Å². The van der Waals surface area contributed by atoms with Gasteiger partial charge in [-0.05, 0) is 25.4 Å². The van der Waals surface area contributed by atoms with E-state index in [-0.39, 0.29) is 11.7 Å². The number of nitrogens with zero attached hydrogens (tertiary/aromatic N) is 3. The molecule has 18 heavy (non-hydrogen) atoms. The minimum atomic E-state index is -0.534. The van der Waals surface area contributed by atoms with E-state index in [2.05, 4.69) is 25.5 Å². The summed E-state index contributed by atoms with van der Waals surface area (Å²) >= 11 is 5.81. The number of hydrogen-bond acceptors (Lipinski definition) is 5. The molecule has 2 rings (SSSR count). The van der Waals surface area contributed by atoms with Gasteiger partial charge < -0.3 is 11.1 Å². The molecular formula is C10H13ClN6O. The van der Waals surface area contributed by atoms with Crippen LogP contribution < -0.4 is 11.1 Å². The normalized spacial score (nSPS) is 11.7. The molecular weight excluding hydrogens is 256 g/mol. The molecule has 0 aliphatic carbocycles. The van der Waals surface area contributed by atoms with Crippen molar-refractivity contribution in [2.75, 3.05) is 5.32 Å². The van der Waals surface area contributed by atoms with Crippen molar-refractivity contribution in [3.63, 3.8) is 0 Å². The molecule has 0 bridgehead atoms. The summed E-state index contributed by atoms with van der Waals surface area (Å²) in [4.78, 5) is 19.1. The van der Waals surface area contributed by atoms with E-state index in [1.54, 1.807) is 6.20 Å². The fraction of sp³-hybridized carbons (Fsp3) is 0.400. The molecule has 0 saturated heterocycles. The first-order valence-corrected chi connectivity index (χ1v) is 5.68. The standard InChI is InChI=1S/C10H13ClN6O/c1-10(2,3-6(12)18)16-7-5-4-13-17-8(5)15-9(11)14-7/h4H,3H2,1-2H3,(H2,12,18)(H2,13,14,15,16,17). The van der Waals surface area contributed by atoms with Crippen LogP contribution in [0.4, 0.5) is 5.82 Å². The summed E-state index contributed by atoms with van der Waals surface area (Å²) in [5.74, 6) is 0.126. The zero-order chi connectivity index (χ0) is 13.3. The number of carbonyl (C=O) groups excluding carboxylic acids is 1.